The lowest BCUT2D eigenvalue weighted by Gasteiger charge is -2.07. The van der Waals surface area contributed by atoms with Crippen molar-refractivity contribution in [2.24, 2.45) is 11.7 Å². The SMILES string of the molecule is CCCCCC(=O)[C@@H](C)CCN. The number of carbonyl (C=O) groups is 1. The maximum Gasteiger partial charge on any atom is 0.135 e. The van der Waals surface area contributed by atoms with Crippen molar-refractivity contribution >= 4 is 5.78 Å². The summed E-state index contributed by atoms with van der Waals surface area (Å²) in [6, 6.07) is 0. The maximum atomic E-state index is 11.4. The number of nitrogens with two attached hydrogens (primary N) is 1. The van der Waals surface area contributed by atoms with Crippen molar-refractivity contribution in [1.29, 1.82) is 0 Å². The third-order valence-corrected chi connectivity index (χ3v) is 2.18. The predicted octanol–water partition coefficient (Wildman–Crippen LogP) is 2.12. The van der Waals surface area contributed by atoms with Crippen LogP contribution in [0.1, 0.15) is 46.0 Å². The Morgan fingerprint density at radius 1 is 1.42 bits per heavy atom. The van der Waals surface area contributed by atoms with Gasteiger partial charge in [-0.1, -0.05) is 26.7 Å². The van der Waals surface area contributed by atoms with E-state index in [9.17, 15) is 4.79 Å². The summed E-state index contributed by atoms with van der Waals surface area (Å²) in [5, 5.41) is 0. The van der Waals surface area contributed by atoms with E-state index in [-0.39, 0.29) is 5.92 Å². The summed E-state index contributed by atoms with van der Waals surface area (Å²) < 4.78 is 0. The van der Waals surface area contributed by atoms with E-state index in [0.29, 0.717) is 12.3 Å². The Kier molecular flexibility index (Phi) is 7.06. The van der Waals surface area contributed by atoms with Gasteiger partial charge in [0.15, 0.2) is 0 Å². The number of carbonyl (C=O) groups excluding carboxylic acids is 1. The topological polar surface area (TPSA) is 43.1 Å². The third kappa shape index (κ3) is 5.30. The number of ketones is 1. The quantitative estimate of drug-likeness (QED) is 0.596. The summed E-state index contributed by atoms with van der Waals surface area (Å²) in [5.74, 6) is 0.556. The van der Waals surface area contributed by atoms with Crippen LogP contribution in [0.5, 0.6) is 0 Å². The molecule has 0 aromatic carbocycles. The van der Waals surface area contributed by atoms with Crippen LogP contribution in [-0.2, 0) is 4.79 Å². The highest BCUT2D eigenvalue weighted by Crippen LogP contribution is 2.08. The largest absolute Gasteiger partial charge is 0.330 e. The van der Waals surface area contributed by atoms with E-state index in [1.807, 2.05) is 6.92 Å². The molecule has 0 fully saturated rings. The van der Waals surface area contributed by atoms with E-state index in [0.717, 1.165) is 19.3 Å². The highest BCUT2D eigenvalue weighted by Gasteiger charge is 2.10. The third-order valence-electron chi connectivity index (χ3n) is 2.18. The van der Waals surface area contributed by atoms with E-state index < -0.39 is 0 Å². The summed E-state index contributed by atoms with van der Waals surface area (Å²) in [6.07, 6.45) is 4.98. The lowest BCUT2D eigenvalue weighted by molar-refractivity contribution is -0.122. The van der Waals surface area contributed by atoms with Gasteiger partial charge < -0.3 is 5.73 Å². The molecule has 0 rings (SSSR count). The first-order valence-corrected chi connectivity index (χ1v) is 4.95. The van der Waals surface area contributed by atoms with E-state index >= 15 is 0 Å². The Labute approximate surface area is 75.5 Å². The monoisotopic (exact) mass is 171 g/mol. The fraction of sp³-hybridized carbons (Fsp3) is 0.900. The van der Waals surface area contributed by atoms with Crippen LogP contribution >= 0.6 is 0 Å². The van der Waals surface area contributed by atoms with E-state index in [4.69, 9.17) is 5.73 Å². The highest BCUT2D eigenvalue weighted by molar-refractivity contribution is 5.80. The van der Waals surface area contributed by atoms with Gasteiger partial charge in [-0.05, 0) is 19.4 Å². The van der Waals surface area contributed by atoms with Crippen molar-refractivity contribution in [1.82, 2.24) is 0 Å². The van der Waals surface area contributed by atoms with Crippen LogP contribution in [0.15, 0.2) is 0 Å². The molecule has 0 saturated carbocycles. The predicted molar refractivity (Wildman–Crippen MR) is 52.0 cm³/mol. The fourth-order valence-corrected chi connectivity index (χ4v) is 1.21. The molecular formula is C10H21NO. The average molecular weight is 171 g/mol. The molecular weight excluding hydrogens is 150 g/mol. The van der Waals surface area contributed by atoms with Crippen molar-refractivity contribution in [3.63, 3.8) is 0 Å². The van der Waals surface area contributed by atoms with Crippen LogP contribution in [0.3, 0.4) is 0 Å². The Bertz CT molecular complexity index is 123. The van der Waals surface area contributed by atoms with Crippen molar-refractivity contribution in [2.45, 2.75) is 46.0 Å². The molecule has 12 heavy (non-hydrogen) atoms. The Morgan fingerprint density at radius 2 is 2.08 bits per heavy atom. The van der Waals surface area contributed by atoms with Crippen molar-refractivity contribution < 1.29 is 4.79 Å². The zero-order chi connectivity index (χ0) is 9.40. The van der Waals surface area contributed by atoms with Gasteiger partial charge in [0.2, 0.25) is 0 Å². The number of hydrogen-bond donors (Lipinski definition) is 1. The Hall–Kier alpha value is -0.370. The Balaban J connectivity index is 3.43. The highest BCUT2D eigenvalue weighted by atomic mass is 16.1. The van der Waals surface area contributed by atoms with Crippen LogP contribution in [0.25, 0.3) is 0 Å². The number of rotatable bonds is 7. The molecule has 72 valence electrons. The second-order valence-corrected chi connectivity index (χ2v) is 3.40. The first-order valence-electron chi connectivity index (χ1n) is 4.95. The van der Waals surface area contributed by atoms with Gasteiger partial charge in [-0.25, -0.2) is 0 Å². The smallest absolute Gasteiger partial charge is 0.135 e. The minimum absolute atomic E-state index is 0.173. The van der Waals surface area contributed by atoms with Gasteiger partial charge in [0.05, 0.1) is 0 Å². The molecule has 0 saturated heterocycles. The molecule has 0 aliphatic carbocycles. The van der Waals surface area contributed by atoms with Crippen molar-refractivity contribution in [3.05, 3.63) is 0 Å². The van der Waals surface area contributed by atoms with E-state index in [1.165, 1.54) is 12.8 Å². The minimum Gasteiger partial charge on any atom is -0.330 e. The maximum absolute atomic E-state index is 11.4. The van der Waals surface area contributed by atoms with Crippen LogP contribution < -0.4 is 5.73 Å². The van der Waals surface area contributed by atoms with Crippen LogP contribution in [-0.4, -0.2) is 12.3 Å². The minimum atomic E-state index is 0.173. The molecule has 2 heteroatoms. The zero-order valence-electron chi connectivity index (χ0n) is 8.31. The molecule has 0 amide bonds. The van der Waals surface area contributed by atoms with Crippen LogP contribution in [0.4, 0.5) is 0 Å². The van der Waals surface area contributed by atoms with Gasteiger partial charge in [0.1, 0.15) is 5.78 Å². The molecule has 2 N–H and O–H groups in total. The van der Waals surface area contributed by atoms with Gasteiger partial charge in [-0.15, -0.1) is 0 Å². The molecule has 1 atom stereocenters. The van der Waals surface area contributed by atoms with Gasteiger partial charge in [0, 0.05) is 12.3 Å². The number of unbranched alkanes of at least 4 members (excludes halogenated alkanes) is 2. The molecule has 0 heterocycles. The van der Waals surface area contributed by atoms with Crippen molar-refractivity contribution in [2.75, 3.05) is 6.54 Å². The van der Waals surface area contributed by atoms with Gasteiger partial charge >= 0.3 is 0 Å². The molecule has 0 aliphatic heterocycles. The molecule has 0 radical (unpaired) electrons. The summed E-state index contributed by atoms with van der Waals surface area (Å²) in [7, 11) is 0. The molecule has 0 aromatic rings. The number of hydrogen-bond acceptors (Lipinski definition) is 2. The normalized spacial score (nSPS) is 12.9. The lowest BCUT2D eigenvalue weighted by Crippen LogP contribution is -2.15. The first-order chi connectivity index (χ1) is 5.72. The molecule has 0 spiro atoms. The van der Waals surface area contributed by atoms with Gasteiger partial charge in [0.25, 0.3) is 0 Å². The molecule has 0 bridgehead atoms. The standard InChI is InChI=1S/C10H21NO/c1-3-4-5-6-10(12)9(2)7-8-11/h9H,3-8,11H2,1-2H3/t9-/m0/s1. The fourth-order valence-electron chi connectivity index (χ4n) is 1.21. The summed E-state index contributed by atoms with van der Waals surface area (Å²) in [4.78, 5) is 11.4. The second-order valence-electron chi connectivity index (χ2n) is 3.40. The second kappa shape index (κ2) is 7.29. The molecule has 0 aromatic heterocycles. The van der Waals surface area contributed by atoms with Crippen LogP contribution in [0, 0.1) is 5.92 Å². The average Bonchev–Trinajstić information content (AvgIpc) is 2.05. The van der Waals surface area contributed by atoms with E-state index in [1.54, 1.807) is 0 Å². The summed E-state index contributed by atoms with van der Waals surface area (Å²) in [6.45, 7) is 4.75. The van der Waals surface area contributed by atoms with Gasteiger partial charge in [-0.2, -0.15) is 0 Å². The van der Waals surface area contributed by atoms with Crippen LogP contribution in [0.2, 0.25) is 0 Å². The van der Waals surface area contributed by atoms with Gasteiger partial charge in [-0.3, -0.25) is 4.79 Å². The molecule has 2 nitrogen and oxygen atoms in total. The molecule has 0 unspecified atom stereocenters. The summed E-state index contributed by atoms with van der Waals surface area (Å²) >= 11 is 0. The van der Waals surface area contributed by atoms with Crippen molar-refractivity contribution in [3.8, 4) is 0 Å². The lowest BCUT2D eigenvalue weighted by atomic mass is 9.98. The molecule has 0 aliphatic rings. The number of Topliss-reactive ketones (excluding diaryl/α,β-unsaturated/α-hetero) is 1. The van der Waals surface area contributed by atoms with E-state index in [2.05, 4.69) is 6.92 Å². The Morgan fingerprint density at radius 3 is 2.58 bits per heavy atom. The summed E-state index contributed by atoms with van der Waals surface area (Å²) in [5.41, 5.74) is 5.37. The zero-order valence-corrected chi connectivity index (χ0v) is 8.31. The first kappa shape index (κ1) is 11.6.